The Labute approximate surface area is 167 Å². The summed E-state index contributed by atoms with van der Waals surface area (Å²) in [7, 11) is 0. The fourth-order valence-electron chi connectivity index (χ4n) is 3.81. The van der Waals surface area contributed by atoms with Gasteiger partial charge in [0, 0.05) is 23.5 Å². The molecule has 0 aromatic heterocycles. The van der Waals surface area contributed by atoms with Crippen LogP contribution in [-0.2, 0) is 9.59 Å². The van der Waals surface area contributed by atoms with E-state index in [2.05, 4.69) is 22.5 Å². The van der Waals surface area contributed by atoms with Crippen LogP contribution in [0.5, 0.6) is 0 Å². The Balaban J connectivity index is 1.44. The first-order chi connectivity index (χ1) is 13.7. The Bertz CT molecular complexity index is 792. The van der Waals surface area contributed by atoms with Crippen molar-refractivity contribution in [2.75, 3.05) is 31.5 Å². The Morgan fingerprint density at radius 3 is 2.57 bits per heavy atom. The number of carbonyl (C=O) groups is 2. The molecule has 2 aromatic rings. The molecular formula is C23H31N3O2. The average molecular weight is 382 g/mol. The normalized spacial score (nSPS) is 15.5. The zero-order chi connectivity index (χ0) is 19.8. The summed E-state index contributed by atoms with van der Waals surface area (Å²) in [6.45, 7) is 4.88. The first-order valence-electron chi connectivity index (χ1n) is 10.4. The first kappa shape index (κ1) is 20.3. The maximum Gasteiger partial charge on any atom is 0.238 e. The lowest BCUT2D eigenvalue weighted by molar-refractivity contribution is -0.126. The fourth-order valence-corrected chi connectivity index (χ4v) is 3.81. The smallest absolute Gasteiger partial charge is 0.238 e. The Morgan fingerprint density at radius 2 is 1.79 bits per heavy atom. The molecule has 0 atom stereocenters. The number of rotatable bonds is 8. The molecular weight excluding hydrogens is 350 g/mol. The van der Waals surface area contributed by atoms with Crippen molar-refractivity contribution in [3.8, 4) is 0 Å². The van der Waals surface area contributed by atoms with E-state index in [9.17, 15) is 9.59 Å². The van der Waals surface area contributed by atoms with Crippen LogP contribution in [0.15, 0.2) is 42.5 Å². The fraction of sp³-hybridized carbons (Fsp3) is 0.478. The molecule has 0 aliphatic carbocycles. The lowest BCUT2D eigenvalue weighted by Crippen LogP contribution is -2.43. The van der Waals surface area contributed by atoms with Crippen LogP contribution in [0, 0.1) is 5.92 Å². The van der Waals surface area contributed by atoms with Gasteiger partial charge in [0.2, 0.25) is 11.8 Å². The minimum Gasteiger partial charge on any atom is -0.356 e. The van der Waals surface area contributed by atoms with Crippen LogP contribution < -0.4 is 10.6 Å². The van der Waals surface area contributed by atoms with Crippen LogP contribution in [0.4, 0.5) is 5.69 Å². The second-order valence-electron chi connectivity index (χ2n) is 7.62. The van der Waals surface area contributed by atoms with Crippen LogP contribution in [0.25, 0.3) is 10.8 Å². The lowest BCUT2D eigenvalue weighted by Gasteiger charge is -2.30. The molecule has 0 unspecified atom stereocenters. The number of piperidine rings is 1. The standard InChI is InChI=1S/C23H31N3O2/c1-2-3-6-14-24-23(28)19-12-15-26(16-13-19)17-22(27)25-21-11-7-9-18-8-4-5-10-20(18)21/h4-5,7-11,19H,2-3,6,12-17H2,1H3,(H,24,28)(H,25,27). The quantitative estimate of drug-likeness (QED) is 0.684. The van der Waals surface area contributed by atoms with Gasteiger partial charge >= 0.3 is 0 Å². The number of nitrogens with zero attached hydrogens (tertiary/aromatic N) is 1. The van der Waals surface area contributed by atoms with E-state index in [1.807, 2.05) is 42.5 Å². The number of unbranched alkanes of at least 4 members (excludes halogenated alkanes) is 2. The first-order valence-corrected chi connectivity index (χ1v) is 10.4. The molecule has 0 saturated carbocycles. The van der Waals surface area contributed by atoms with E-state index in [0.717, 1.165) is 68.2 Å². The molecule has 2 amide bonds. The molecule has 2 aromatic carbocycles. The summed E-state index contributed by atoms with van der Waals surface area (Å²) in [6.07, 6.45) is 5.01. The zero-order valence-corrected chi connectivity index (χ0v) is 16.7. The van der Waals surface area contributed by atoms with Gasteiger partial charge in [-0.3, -0.25) is 14.5 Å². The van der Waals surface area contributed by atoms with E-state index in [0.29, 0.717) is 6.54 Å². The number of nitrogens with one attached hydrogen (secondary N) is 2. The summed E-state index contributed by atoms with van der Waals surface area (Å²) in [5, 5.41) is 8.27. The minimum absolute atomic E-state index is 0.00109. The number of likely N-dealkylation sites (tertiary alicyclic amines) is 1. The number of benzene rings is 2. The van der Waals surface area contributed by atoms with Gasteiger partial charge in [0.25, 0.3) is 0 Å². The third-order valence-corrected chi connectivity index (χ3v) is 5.47. The molecule has 0 radical (unpaired) electrons. The number of carbonyl (C=O) groups excluding carboxylic acids is 2. The van der Waals surface area contributed by atoms with Crippen LogP contribution in [0.2, 0.25) is 0 Å². The van der Waals surface area contributed by atoms with E-state index in [1.54, 1.807) is 0 Å². The van der Waals surface area contributed by atoms with Crippen molar-refractivity contribution in [1.29, 1.82) is 0 Å². The largest absolute Gasteiger partial charge is 0.356 e. The molecule has 1 aliphatic heterocycles. The second-order valence-corrected chi connectivity index (χ2v) is 7.62. The van der Waals surface area contributed by atoms with Gasteiger partial charge in [0.15, 0.2) is 0 Å². The maximum absolute atomic E-state index is 12.5. The molecule has 3 rings (SSSR count). The van der Waals surface area contributed by atoms with Gasteiger partial charge in [-0.15, -0.1) is 0 Å². The zero-order valence-electron chi connectivity index (χ0n) is 16.7. The molecule has 0 bridgehead atoms. The second kappa shape index (κ2) is 10.2. The Hall–Kier alpha value is -2.40. The highest BCUT2D eigenvalue weighted by Gasteiger charge is 2.25. The topological polar surface area (TPSA) is 61.4 Å². The minimum atomic E-state index is -0.00109. The average Bonchev–Trinajstić information content (AvgIpc) is 2.72. The van der Waals surface area contributed by atoms with Crippen LogP contribution >= 0.6 is 0 Å². The van der Waals surface area contributed by atoms with E-state index >= 15 is 0 Å². The third-order valence-electron chi connectivity index (χ3n) is 5.47. The summed E-state index contributed by atoms with van der Waals surface area (Å²) in [5.74, 6) is 0.258. The van der Waals surface area contributed by atoms with Crippen molar-refractivity contribution in [2.24, 2.45) is 5.92 Å². The van der Waals surface area contributed by atoms with Gasteiger partial charge in [-0.2, -0.15) is 0 Å². The SMILES string of the molecule is CCCCCNC(=O)C1CCN(CC(=O)Nc2cccc3ccccc23)CC1. The van der Waals surface area contributed by atoms with Crippen LogP contribution in [0.1, 0.15) is 39.0 Å². The molecule has 2 N–H and O–H groups in total. The van der Waals surface area contributed by atoms with E-state index < -0.39 is 0 Å². The Kier molecular flexibility index (Phi) is 7.43. The predicted molar refractivity (Wildman–Crippen MR) is 114 cm³/mol. The molecule has 28 heavy (non-hydrogen) atoms. The van der Waals surface area contributed by atoms with Crippen molar-refractivity contribution in [3.05, 3.63) is 42.5 Å². The maximum atomic E-state index is 12.5. The Morgan fingerprint density at radius 1 is 1.04 bits per heavy atom. The van der Waals surface area contributed by atoms with Crippen molar-refractivity contribution in [3.63, 3.8) is 0 Å². The molecule has 1 saturated heterocycles. The van der Waals surface area contributed by atoms with Crippen molar-refractivity contribution >= 4 is 28.3 Å². The summed E-state index contributed by atoms with van der Waals surface area (Å²) >= 11 is 0. The highest BCUT2D eigenvalue weighted by molar-refractivity contribution is 6.02. The van der Waals surface area contributed by atoms with Gasteiger partial charge in [-0.1, -0.05) is 56.2 Å². The molecule has 1 aliphatic rings. The third kappa shape index (κ3) is 5.55. The van der Waals surface area contributed by atoms with Crippen molar-refractivity contribution in [2.45, 2.75) is 39.0 Å². The highest BCUT2D eigenvalue weighted by atomic mass is 16.2. The van der Waals surface area contributed by atoms with Gasteiger partial charge in [-0.25, -0.2) is 0 Å². The lowest BCUT2D eigenvalue weighted by atomic mass is 9.96. The molecule has 0 spiro atoms. The summed E-state index contributed by atoms with van der Waals surface area (Å²) in [6, 6.07) is 14.0. The molecule has 150 valence electrons. The van der Waals surface area contributed by atoms with Crippen molar-refractivity contribution < 1.29 is 9.59 Å². The number of fused-ring (bicyclic) bond motifs is 1. The van der Waals surface area contributed by atoms with Crippen LogP contribution in [0.3, 0.4) is 0 Å². The summed E-state index contributed by atoms with van der Waals surface area (Å²) < 4.78 is 0. The summed E-state index contributed by atoms with van der Waals surface area (Å²) in [4.78, 5) is 26.9. The number of amides is 2. The van der Waals surface area contributed by atoms with Gasteiger partial charge in [0.1, 0.15) is 0 Å². The van der Waals surface area contributed by atoms with E-state index in [1.165, 1.54) is 0 Å². The molecule has 5 nitrogen and oxygen atoms in total. The molecule has 5 heteroatoms. The van der Waals surface area contributed by atoms with Crippen LogP contribution in [-0.4, -0.2) is 42.9 Å². The van der Waals surface area contributed by atoms with Gasteiger partial charge in [0.05, 0.1) is 6.54 Å². The molecule has 1 heterocycles. The van der Waals surface area contributed by atoms with Crippen molar-refractivity contribution in [1.82, 2.24) is 10.2 Å². The highest BCUT2D eigenvalue weighted by Crippen LogP contribution is 2.23. The monoisotopic (exact) mass is 381 g/mol. The molecule has 1 fully saturated rings. The van der Waals surface area contributed by atoms with E-state index in [-0.39, 0.29) is 17.7 Å². The van der Waals surface area contributed by atoms with Gasteiger partial charge < -0.3 is 10.6 Å². The number of hydrogen-bond donors (Lipinski definition) is 2. The summed E-state index contributed by atoms with van der Waals surface area (Å²) in [5.41, 5.74) is 0.851. The predicted octanol–water partition coefficient (Wildman–Crippen LogP) is 3.80. The van der Waals surface area contributed by atoms with Gasteiger partial charge in [-0.05, 0) is 43.8 Å². The number of hydrogen-bond acceptors (Lipinski definition) is 3. The van der Waals surface area contributed by atoms with E-state index in [4.69, 9.17) is 0 Å². The number of anilines is 1.